The number of rotatable bonds is 3. The number of fused-ring (bicyclic) bond motifs is 1. The predicted octanol–water partition coefficient (Wildman–Crippen LogP) is 3.34. The lowest BCUT2D eigenvalue weighted by Gasteiger charge is -2.37. The standard InChI is InChI=1S/C21H20N4O2/c1-13-18-19(14-8-10-16(26-2)11-9-14)17(12-22)20(23)27-21(18)25(24-13)15-6-4-3-5-7-15/h3-11,18-19,21H,23H2,1-2H3/t18-,19-,21+/m1/s1. The number of methoxy groups -OCH3 is 1. The van der Waals surface area contributed by atoms with Gasteiger partial charge in [0.1, 0.15) is 11.8 Å². The van der Waals surface area contributed by atoms with E-state index < -0.39 is 6.23 Å². The molecule has 136 valence electrons. The molecule has 0 fully saturated rings. The number of allylic oxidation sites excluding steroid dienone is 1. The van der Waals surface area contributed by atoms with Gasteiger partial charge in [-0.3, -0.25) is 0 Å². The number of hydrogen-bond acceptors (Lipinski definition) is 6. The topological polar surface area (TPSA) is 83.9 Å². The molecule has 2 heterocycles. The van der Waals surface area contributed by atoms with Crippen molar-refractivity contribution in [1.82, 2.24) is 0 Å². The number of para-hydroxylation sites is 1. The fraction of sp³-hybridized carbons (Fsp3) is 0.238. The van der Waals surface area contributed by atoms with E-state index in [1.54, 1.807) is 7.11 Å². The van der Waals surface area contributed by atoms with Crippen LogP contribution in [0.25, 0.3) is 0 Å². The van der Waals surface area contributed by atoms with Gasteiger partial charge in [0, 0.05) is 11.6 Å². The smallest absolute Gasteiger partial charge is 0.202 e. The highest BCUT2D eigenvalue weighted by molar-refractivity contribution is 5.90. The van der Waals surface area contributed by atoms with Crippen LogP contribution < -0.4 is 15.5 Å². The van der Waals surface area contributed by atoms with Crippen LogP contribution in [-0.4, -0.2) is 19.0 Å². The molecule has 2 aliphatic rings. The first kappa shape index (κ1) is 17.0. The summed E-state index contributed by atoms with van der Waals surface area (Å²) in [7, 11) is 1.63. The van der Waals surface area contributed by atoms with Crippen LogP contribution in [0.15, 0.2) is 71.2 Å². The van der Waals surface area contributed by atoms with Gasteiger partial charge in [-0.2, -0.15) is 10.4 Å². The predicted molar refractivity (Wildman–Crippen MR) is 103 cm³/mol. The molecule has 2 N–H and O–H groups in total. The van der Waals surface area contributed by atoms with E-state index in [1.165, 1.54) is 0 Å². The fourth-order valence-corrected chi connectivity index (χ4v) is 3.80. The zero-order valence-electron chi connectivity index (χ0n) is 15.2. The van der Waals surface area contributed by atoms with Crippen LogP contribution in [0.2, 0.25) is 0 Å². The Hall–Kier alpha value is -3.46. The first-order valence-electron chi connectivity index (χ1n) is 8.73. The van der Waals surface area contributed by atoms with Crippen molar-refractivity contribution in [3.05, 3.63) is 71.6 Å². The maximum atomic E-state index is 9.74. The van der Waals surface area contributed by atoms with Crippen molar-refractivity contribution in [1.29, 1.82) is 5.26 Å². The summed E-state index contributed by atoms with van der Waals surface area (Å²) >= 11 is 0. The Morgan fingerprint density at radius 1 is 1.15 bits per heavy atom. The van der Waals surface area contributed by atoms with Crippen LogP contribution in [0.4, 0.5) is 5.69 Å². The Kier molecular flexibility index (Phi) is 4.21. The summed E-state index contributed by atoms with van der Waals surface area (Å²) in [5, 5.41) is 16.3. The zero-order chi connectivity index (χ0) is 19.0. The molecule has 2 aromatic carbocycles. The molecule has 0 spiro atoms. The molecule has 0 radical (unpaired) electrons. The van der Waals surface area contributed by atoms with Crippen LogP contribution in [-0.2, 0) is 4.74 Å². The number of anilines is 1. The number of nitrogens with zero attached hydrogens (tertiary/aromatic N) is 3. The monoisotopic (exact) mass is 360 g/mol. The van der Waals surface area contributed by atoms with Crippen LogP contribution in [0.3, 0.4) is 0 Å². The molecule has 0 unspecified atom stereocenters. The third kappa shape index (κ3) is 2.77. The van der Waals surface area contributed by atoms with E-state index in [0.29, 0.717) is 5.57 Å². The molecule has 0 aromatic heterocycles. The molecule has 2 aliphatic heterocycles. The van der Waals surface area contributed by atoms with E-state index in [-0.39, 0.29) is 17.7 Å². The summed E-state index contributed by atoms with van der Waals surface area (Å²) in [5.74, 6) is 0.587. The third-order valence-electron chi connectivity index (χ3n) is 5.10. The van der Waals surface area contributed by atoms with Crippen LogP contribution >= 0.6 is 0 Å². The van der Waals surface area contributed by atoms with Crippen molar-refractivity contribution in [3.63, 3.8) is 0 Å². The van der Waals surface area contributed by atoms with E-state index in [9.17, 15) is 5.26 Å². The van der Waals surface area contributed by atoms with Crippen molar-refractivity contribution in [2.24, 2.45) is 16.8 Å². The van der Waals surface area contributed by atoms with Gasteiger partial charge in [-0.15, -0.1) is 0 Å². The molecule has 0 bridgehead atoms. The van der Waals surface area contributed by atoms with Crippen LogP contribution in [0, 0.1) is 17.2 Å². The van der Waals surface area contributed by atoms with Crippen molar-refractivity contribution in [2.45, 2.75) is 19.1 Å². The van der Waals surface area contributed by atoms with Crippen molar-refractivity contribution >= 4 is 11.4 Å². The molecule has 6 nitrogen and oxygen atoms in total. The lowest BCUT2D eigenvalue weighted by Crippen LogP contribution is -2.43. The molecule has 3 atom stereocenters. The second-order valence-corrected chi connectivity index (χ2v) is 6.60. The van der Waals surface area contributed by atoms with Crippen molar-refractivity contribution in [2.75, 3.05) is 12.1 Å². The maximum Gasteiger partial charge on any atom is 0.202 e. The summed E-state index contributed by atoms with van der Waals surface area (Å²) < 4.78 is 11.2. The lowest BCUT2D eigenvalue weighted by atomic mass is 9.76. The summed E-state index contributed by atoms with van der Waals surface area (Å²) in [6.07, 6.45) is -0.392. The van der Waals surface area contributed by atoms with E-state index >= 15 is 0 Å². The molecule has 4 rings (SSSR count). The average molecular weight is 360 g/mol. The van der Waals surface area contributed by atoms with Crippen molar-refractivity contribution < 1.29 is 9.47 Å². The van der Waals surface area contributed by atoms with E-state index in [0.717, 1.165) is 22.7 Å². The number of nitriles is 1. The lowest BCUT2D eigenvalue weighted by molar-refractivity contribution is 0.0662. The number of benzene rings is 2. The molecular weight excluding hydrogens is 340 g/mol. The number of hydrazone groups is 1. The Labute approximate surface area is 158 Å². The molecular formula is C21H20N4O2. The minimum Gasteiger partial charge on any atom is -0.497 e. The number of ether oxygens (including phenoxy) is 2. The van der Waals surface area contributed by atoms with Gasteiger partial charge in [0.2, 0.25) is 12.1 Å². The highest BCUT2D eigenvalue weighted by Gasteiger charge is 2.48. The highest BCUT2D eigenvalue weighted by Crippen LogP contribution is 2.45. The van der Waals surface area contributed by atoms with Crippen LogP contribution in [0.1, 0.15) is 18.4 Å². The normalized spacial score (nSPS) is 24.0. The van der Waals surface area contributed by atoms with Gasteiger partial charge in [0.05, 0.1) is 24.3 Å². The Balaban J connectivity index is 1.79. The first-order valence-corrected chi connectivity index (χ1v) is 8.73. The summed E-state index contributed by atoms with van der Waals surface area (Å²) in [4.78, 5) is 0. The minimum absolute atomic E-state index is 0.111. The second kappa shape index (κ2) is 6.69. The molecule has 0 aliphatic carbocycles. The average Bonchev–Trinajstić information content (AvgIpc) is 3.03. The van der Waals surface area contributed by atoms with Gasteiger partial charge in [-0.1, -0.05) is 30.3 Å². The minimum atomic E-state index is -0.392. The van der Waals surface area contributed by atoms with E-state index in [1.807, 2.05) is 66.5 Å². The zero-order valence-corrected chi connectivity index (χ0v) is 15.2. The number of nitrogens with two attached hydrogens (primary N) is 1. The Morgan fingerprint density at radius 3 is 2.48 bits per heavy atom. The Bertz CT molecular complexity index is 944. The fourth-order valence-electron chi connectivity index (χ4n) is 3.80. The molecule has 27 heavy (non-hydrogen) atoms. The summed E-state index contributed by atoms with van der Waals surface area (Å²) in [6, 6.07) is 19.8. The molecule has 0 amide bonds. The van der Waals surface area contributed by atoms with E-state index in [2.05, 4.69) is 6.07 Å². The highest BCUT2D eigenvalue weighted by atomic mass is 16.5. The van der Waals surface area contributed by atoms with Gasteiger partial charge < -0.3 is 15.2 Å². The van der Waals surface area contributed by atoms with Crippen LogP contribution in [0.5, 0.6) is 5.75 Å². The molecule has 0 saturated carbocycles. The van der Waals surface area contributed by atoms with E-state index in [4.69, 9.17) is 20.3 Å². The second-order valence-electron chi connectivity index (χ2n) is 6.60. The summed E-state index contributed by atoms with van der Waals surface area (Å²) in [6.45, 7) is 1.97. The van der Waals surface area contributed by atoms with Gasteiger partial charge in [0.25, 0.3) is 0 Å². The third-order valence-corrected chi connectivity index (χ3v) is 5.10. The maximum absolute atomic E-state index is 9.74. The Morgan fingerprint density at radius 2 is 1.85 bits per heavy atom. The van der Waals surface area contributed by atoms with Gasteiger partial charge in [-0.25, -0.2) is 5.01 Å². The largest absolute Gasteiger partial charge is 0.497 e. The quantitative estimate of drug-likeness (QED) is 0.907. The first-order chi connectivity index (χ1) is 13.1. The van der Waals surface area contributed by atoms with Crippen molar-refractivity contribution in [3.8, 4) is 11.8 Å². The summed E-state index contributed by atoms with van der Waals surface area (Å²) in [5.41, 5.74) is 9.40. The molecule has 2 aromatic rings. The molecule has 6 heteroatoms. The number of hydrogen-bond donors (Lipinski definition) is 1. The van der Waals surface area contributed by atoms with Gasteiger partial charge in [-0.05, 0) is 36.8 Å². The SMILES string of the molecule is COc1ccc([C@@H]2C(C#N)=C(N)O[C@H]3[C@@H]2C(C)=NN3c2ccccc2)cc1. The van der Waals surface area contributed by atoms with Gasteiger partial charge in [0.15, 0.2) is 0 Å². The van der Waals surface area contributed by atoms with Gasteiger partial charge >= 0.3 is 0 Å². The molecule has 0 saturated heterocycles.